The molecule has 0 spiro atoms. The summed E-state index contributed by atoms with van der Waals surface area (Å²) in [5, 5.41) is 11.3. The van der Waals surface area contributed by atoms with E-state index in [1.54, 1.807) is 18.2 Å². The Hall–Kier alpha value is -3.64. The van der Waals surface area contributed by atoms with Gasteiger partial charge in [0.05, 0.1) is 0 Å². The van der Waals surface area contributed by atoms with Crippen molar-refractivity contribution in [1.82, 2.24) is 15.4 Å². The fourth-order valence-corrected chi connectivity index (χ4v) is 2.53. The topological polar surface area (TPSA) is 83.4 Å². The number of hydrogen-bond acceptors (Lipinski definition) is 3. The molecule has 0 aliphatic carbocycles. The summed E-state index contributed by atoms with van der Waals surface area (Å²) in [4.78, 5) is 23.3. The number of aromatic nitrogens is 1. The van der Waals surface area contributed by atoms with Gasteiger partial charge in [-0.1, -0.05) is 24.3 Å². The molecule has 0 aliphatic rings. The molecule has 0 bridgehead atoms. The summed E-state index contributed by atoms with van der Waals surface area (Å²) in [6.07, 6.45) is 6.71. The number of hydroxylamine groups is 1. The molecule has 2 amide bonds. The van der Waals surface area contributed by atoms with Gasteiger partial charge in [0.1, 0.15) is 0 Å². The van der Waals surface area contributed by atoms with Crippen LogP contribution < -0.4 is 10.8 Å². The molecule has 1 heterocycles. The Labute approximate surface area is 156 Å². The molecule has 3 N–H and O–H groups in total. The lowest BCUT2D eigenvalue weighted by molar-refractivity contribution is -0.124. The van der Waals surface area contributed by atoms with Crippen LogP contribution in [0.15, 0.2) is 79.1 Å². The van der Waals surface area contributed by atoms with Gasteiger partial charge in [0.15, 0.2) is 0 Å². The van der Waals surface area contributed by atoms with E-state index in [0.29, 0.717) is 12.1 Å². The minimum Gasteiger partial charge on any atom is -0.348 e. The first-order valence-electron chi connectivity index (χ1n) is 8.38. The second-order valence-electron chi connectivity index (χ2n) is 5.87. The molecule has 0 unspecified atom stereocenters. The minimum atomic E-state index is -0.589. The first-order valence-corrected chi connectivity index (χ1v) is 8.38. The second kappa shape index (κ2) is 8.64. The van der Waals surface area contributed by atoms with Crippen LogP contribution in [0.1, 0.15) is 21.5 Å². The molecule has 0 aliphatic heterocycles. The summed E-state index contributed by atoms with van der Waals surface area (Å²) in [5.74, 6) is -0.730. The number of carbonyl (C=O) groups excluding carboxylic acids is 2. The molecule has 3 rings (SSSR count). The summed E-state index contributed by atoms with van der Waals surface area (Å²) >= 11 is 0. The lowest BCUT2D eigenvalue weighted by Crippen LogP contribution is -2.22. The minimum absolute atomic E-state index is 0.141. The highest BCUT2D eigenvalue weighted by molar-refractivity contribution is 5.94. The van der Waals surface area contributed by atoms with Gasteiger partial charge in [-0.2, -0.15) is 0 Å². The van der Waals surface area contributed by atoms with Crippen LogP contribution in [0.2, 0.25) is 0 Å². The van der Waals surface area contributed by atoms with Crippen LogP contribution >= 0.6 is 0 Å². The van der Waals surface area contributed by atoms with Crippen molar-refractivity contribution in [3.05, 3.63) is 95.8 Å². The van der Waals surface area contributed by atoms with Crippen LogP contribution in [-0.4, -0.2) is 21.6 Å². The zero-order chi connectivity index (χ0) is 19.1. The third-order valence-corrected chi connectivity index (χ3v) is 4.00. The van der Waals surface area contributed by atoms with E-state index in [-0.39, 0.29) is 5.91 Å². The Morgan fingerprint density at radius 1 is 0.963 bits per heavy atom. The maximum absolute atomic E-state index is 12.3. The van der Waals surface area contributed by atoms with Gasteiger partial charge in [-0.25, -0.2) is 5.48 Å². The monoisotopic (exact) mass is 361 g/mol. The first-order chi connectivity index (χ1) is 13.2. The molecule has 6 heteroatoms. The quantitative estimate of drug-likeness (QED) is 0.359. The first kappa shape index (κ1) is 18.2. The molecule has 27 heavy (non-hydrogen) atoms. The van der Waals surface area contributed by atoms with E-state index in [0.717, 1.165) is 16.8 Å². The van der Waals surface area contributed by atoms with Crippen LogP contribution in [-0.2, 0) is 11.3 Å². The van der Waals surface area contributed by atoms with E-state index in [2.05, 4.69) is 5.32 Å². The number of rotatable bonds is 6. The zero-order valence-electron chi connectivity index (χ0n) is 14.5. The maximum atomic E-state index is 12.3. The predicted molar refractivity (Wildman–Crippen MR) is 102 cm³/mol. The van der Waals surface area contributed by atoms with E-state index in [4.69, 9.17) is 5.21 Å². The molecular formula is C21H19N3O3. The maximum Gasteiger partial charge on any atom is 0.267 e. The summed E-state index contributed by atoms with van der Waals surface area (Å²) < 4.78 is 1.97. The zero-order valence-corrected chi connectivity index (χ0v) is 14.5. The molecule has 1 aromatic heterocycles. The molecular weight excluding hydrogens is 342 g/mol. The van der Waals surface area contributed by atoms with Gasteiger partial charge in [0.2, 0.25) is 0 Å². The molecule has 0 fully saturated rings. The number of nitrogens with zero attached hydrogens (tertiary/aromatic N) is 1. The standard InChI is InChI=1S/C21H19N3O3/c25-20(23-27)12-7-16-3-5-17(6-4-16)15-22-21(26)18-8-10-19(11-9-18)24-13-1-2-14-24/h1-14,27H,15H2,(H,22,26)(H,23,25)/b12-7+. The van der Waals surface area contributed by atoms with Gasteiger partial charge in [0, 0.05) is 36.3 Å². The number of nitrogens with one attached hydrogen (secondary N) is 2. The lowest BCUT2D eigenvalue weighted by atomic mass is 10.1. The van der Waals surface area contributed by atoms with Crippen molar-refractivity contribution in [2.45, 2.75) is 6.54 Å². The molecule has 0 radical (unpaired) electrons. The van der Waals surface area contributed by atoms with Crippen molar-refractivity contribution in [1.29, 1.82) is 0 Å². The van der Waals surface area contributed by atoms with Crippen molar-refractivity contribution >= 4 is 17.9 Å². The van der Waals surface area contributed by atoms with Gasteiger partial charge >= 0.3 is 0 Å². The van der Waals surface area contributed by atoms with Crippen LogP contribution in [0.4, 0.5) is 0 Å². The molecule has 0 saturated heterocycles. The third-order valence-electron chi connectivity index (χ3n) is 4.00. The lowest BCUT2D eigenvalue weighted by Gasteiger charge is -2.07. The highest BCUT2D eigenvalue weighted by Crippen LogP contribution is 2.11. The highest BCUT2D eigenvalue weighted by Gasteiger charge is 2.05. The average molecular weight is 361 g/mol. The Balaban J connectivity index is 1.55. The second-order valence-corrected chi connectivity index (χ2v) is 5.87. The highest BCUT2D eigenvalue weighted by atomic mass is 16.5. The molecule has 0 saturated carbocycles. The third kappa shape index (κ3) is 4.93. The van der Waals surface area contributed by atoms with Crippen molar-refractivity contribution < 1.29 is 14.8 Å². The van der Waals surface area contributed by atoms with E-state index in [1.165, 1.54) is 11.6 Å². The van der Waals surface area contributed by atoms with Gasteiger partial charge in [-0.05, 0) is 53.6 Å². The Morgan fingerprint density at radius 2 is 1.63 bits per heavy atom. The SMILES string of the molecule is O=C(/C=C/c1ccc(CNC(=O)c2ccc(-n3cccc3)cc2)cc1)NO. The Kier molecular flexibility index (Phi) is 5.81. The van der Waals surface area contributed by atoms with E-state index < -0.39 is 5.91 Å². The van der Waals surface area contributed by atoms with E-state index in [9.17, 15) is 9.59 Å². The van der Waals surface area contributed by atoms with Crippen LogP contribution in [0, 0.1) is 0 Å². The molecule has 136 valence electrons. The largest absolute Gasteiger partial charge is 0.348 e. The molecule has 2 aromatic carbocycles. The summed E-state index contributed by atoms with van der Waals surface area (Å²) in [7, 11) is 0. The normalized spacial score (nSPS) is 10.7. The van der Waals surface area contributed by atoms with E-state index >= 15 is 0 Å². The van der Waals surface area contributed by atoms with Gasteiger partial charge in [0.25, 0.3) is 11.8 Å². The summed E-state index contributed by atoms with van der Waals surface area (Å²) in [6.45, 7) is 0.402. The van der Waals surface area contributed by atoms with Gasteiger partial charge < -0.3 is 9.88 Å². The van der Waals surface area contributed by atoms with Crippen molar-refractivity contribution in [3.8, 4) is 5.69 Å². The van der Waals surface area contributed by atoms with Gasteiger partial charge in [-0.3, -0.25) is 14.8 Å². The number of benzene rings is 2. The number of amides is 2. The molecule has 6 nitrogen and oxygen atoms in total. The summed E-state index contributed by atoms with van der Waals surface area (Å²) in [5.41, 5.74) is 4.88. The van der Waals surface area contributed by atoms with Crippen molar-refractivity contribution in [2.24, 2.45) is 0 Å². The van der Waals surface area contributed by atoms with Crippen LogP contribution in [0.5, 0.6) is 0 Å². The smallest absolute Gasteiger partial charge is 0.267 e. The predicted octanol–water partition coefficient (Wildman–Crippen LogP) is 2.93. The fourth-order valence-electron chi connectivity index (χ4n) is 2.53. The Bertz CT molecular complexity index is 928. The summed E-state index contributed by atoms with van der Waals surface area (Å²) in [6, 6.07) is 18.7. The molecule has 0 atom stereocenters. The van der Waals surface area contributed by atoms with Gasteiger partial charge in [-0.15, -0.1) is 0 Å². The number of hydrogen-bond donors (Lipinski definition) is 3. The van der Waals surface area contributed by atoms with Crippen LogP contribution in [0.3, 0.4) is 0 Å². The van der Waals surface area contributed by atoms with Crippen LogP contribution in [0.25, 0.3) is 11.8 Å². The van der Waals surface area contributed by atoms with Crippen molar-refractivity contribution in [2.75, 3.05) is 0 Å². The Morgan fingerprint density at radius 3 is 2.26 bits per heavy atom. The fraction of sp³-hybridized carbons (Fsp3) is 0.0476. The van der Waals surface area contributed by atoms with Crippen molar-refractivity contribution in [3.63, 3.8) is 0 Å². The number of carbonyl (C=O) groups is 2. The molecule has 3 aromatic rings. The average Bonchev–Trinajstić information content (AvgIpc) is 3.26. The van der Waals surface area contributed by atoms with E-state index in [1.807, 2.05) is 65.5 Å².